The molecule has 3 rings (SSSR count). The number of piperazine rings is 1. The Morgan fingerprint density at radius 2 is 1.78 bits per heavy atom. The van der Waals surface area contributed by atoms with E-state index in [4.69, 9.17) is 9.26 Å². The lowest BCUT2D eigenvalue weighted by molar-refractivity contribution is 0.0695. The average Bonchev–Trinajstić information content (AvgIpc) is 3.00. The molecular weight excluding hydrogens is 370 g/mol. The van der Waals surface area contributed by atoms with Crippen LogP contribution in [0.15, 0.2) is 33.7 Å². The number of benzene rings is 1. The van der Waals surface area contributed by atoms with Gasteiger partial charge in [0.25, 0.3) is 5.91 Å². The topological polar surface area (TPSA) is 93.0 Å². The molecule has 0 aliphatic carbocycles. The summed E-state index contributed by atoms with van der Waals surface area (Å²) in [6.45, 7) is 6.92. The first kappa shape index (κ1) is 19.4. The smallest absolute Gasteiger partial charge is 0.259 e. The Bertz CT molecular complexity index is 893. The molecule has 146 valence electrons. The van der Waals surface area contributed by atoms with E-state index in [-0.39, 0.29) is 23.9 Å². The highest BCUT2D eigenvalue weighted by molar-refractivity contribution is 7.89. The van der Waals surface area contributed by atoms with Crippen LogP contribution < -0.4 is 4.74 Å². The highest BCUT2D eigenvalue weighted by atomic mass is 32.2. The van der Waals surface area contributed by atoms with Crippen LogP contribution in [0.5, 0.6) is 5.75 Å². The lowest BCUT2D eigenvalue weighted by atomic mass is 10.1. The molecule has 0 bridgehead atoms. The fraction of sp³-hybridized carbons (Fsp3) is 0.444. The van der Waals surface area contributed by atoms with Gasteiger partial charge in [0.1, 0.15) is 17.1 Å². The summed E-state index contributed by atoms with van der Waals surface area (Å²) in [4.78, 5) is 14.5. The maximum absolute atomic E-state index is 12.8. The summed E-state index contributed by atoms with van der Waals surface area (Å²) in [6.07, 6.45) is 0. The average molecular weight is 393 g/mol. The van der Waals surface area contributed by atoms with Crippen molar-refractivity contribution in [2.45, 2.75) is 25.7 Å². The Labute approximate surface area is 158 Å². The van der Waals surface area contributed by atoms with Gasteiger partial charge < -0.3 is 14.2 Å². The van der Waals surface area contributed by atoms with Gasteiger partial charge in [-0.1, -0.05) is 5.16 Å². The molecule has 1 aliphatic rings. The number of carbonyl (C=O) groups is 1. The van der Waals surface area contributed by atoms with Gasteiger partial charge in [-0.05, 0) is 45.0 Å². The Kier molecular flexibility index (Phi) is 5.52. The second-order valence-electron chi connectivity index (χ2n) is 6.30. The monoisotopic (exact) mass is 393 g/mol. The number of aromatic nitrogens is 1. The van der Waals surface area contributed by atoms with Crippen molar-refractivity contribution in [3.63, 3.8) is 0 Å². The van der Waals surface area contributed by atoms with Gasteiger partial charge >= 0.3 is 0 Å². The molecule has 0 radical (unpaired) electrons. The first-order valence-corrected chi connectivity index (χ1v) is 10.2. The third-order valence-electron chi connectivity index (χ3n) is 4.55. The van der Waals surface area contributed by atoms with Crippen LogP contribution >= 0.6 is 0 Å². The zero-order valence-corrected chi connectivity index (χ0v) is 16.5. The van der Waals surface area contributed by atoms with E-state index in [1.165, 1.54) is 4.31 Å². The maximum atomic E-state index is 12.8. The van der Waals surface area contributed by atoms with Crippen LogP contribution in [0, 0.1) is 13.8 Å². The zero-order chi connectivity index (χ0) is 19.6. The van der Waals surface area contributed by atoms with Crippen molar-refractivity contribution < 1.29 is 22.5 Å². The van der Waals surface area contributed by atoms with Gasteiger partial charge in [-0.3, -0.25) is 4.79 Å². The third kappa shape index (κ3) is 3.84. The molecule has 1 fully saturated rings. The fourth-order valence-electron chi connectivity index (χ4n) is 3.10. The summed E-state index contributed by atoms with van der Waals surface area (Å²) in [5.41, 5.74) is 1.000. The molecule has 9 heteroatoms. The van der Waals surface area contributed by atoms with Gasteiger partial charge in [-0.2, -0.15) is 4.31 Å². The quantitative estimate of drug-likeness (QED) is 0.770. The first-order valence-electron chi connectivity index (χ1n) is 8.79. The highest BCUT2D eigenvalue weighted by Crippen LogP contribution is 2.22. The van der Waals surface area contributed by atoms with Gasteiger partial charge in [0.05, 0.1) is 17.2 Å². The van der Waals surface area contributed by atoms with Crippen molar-refractivity contribution in [1.82, 2.24) is 14.4 Å². The van der Waals surface area contributed by atoms with E-state index >= 15 is 0 Å². The van der Waals surface area contributed by atoms with Gasteiger partial charge in [0, 0.05) is 26.2 Å². The summed E-state index contributed by atoms with van der Waals surface area (Å²) in [6, 6.07) is 6.38. The van der Waals surface area contributed by atoms with Crippen LogP contribution in [0.25, 0.3) is 0 Å². The molecular formula is C18H23N3O5S. The number of ether oxygens (including phenoxy) is 1. The minimum atomic E-state index is -3.60. The number of hydrogen-bond acceptors (Lipinski definition) is 6. The Morgan fingerprint density at radius 3 is 2.30 bits per heavy atom. The van der Waals surface area contributed by atoms with Crippen LogP contribution in [-0.2, 0) is 10.0 Å². The molecule has 0 N–H and O–H groups in total. The summed E-state index contributed by atoms with van der Waals surface area (Å²) in [5, 5.41) is 3.81. The van der Waals surface area contributed by atoms with E-state index in [1.807, 2.05) is 6.92 Å². The van der Waals surface area contributed by atoms with Crippen molar-refractivity contribution in [2.24, 2.45) is 0 Å². The summed E-state index contributed by atoms with van der Waals surface area (Å²) >= 11 is 0. The lowest BCUT2D eigenvalue weighted by Gasteiger charge is -2.34. The number of sulfonamides is 1. The Balaban J connectivity index is 1.68. The molecule has 0 spiro atoms. The second-order valence-corrected chi connectivity index (χ2v) is 8.24. The molecule has 2 heterocycles. The summed E-state index contributed by atoms with van der Waals surface area (Å²) in [7, 11) is -3.60. The lowest BCUT2D eigenvalue weighted by Crippen LogP contribution is -2.50. The number of nitrogens with zero attached hydrogens (tertiary/aromatic N) is 3. The van der Waals surface area contributed by atoms with E-state index in [9.17, 15) is 13.2 Å². The van der Waals surface area contributed by atoms with Crippen molar-refractivity contribution in [1.29, 1.82) is 0 Å². The standard InChI is InChI=1S/C18H23N3O5S/c1-4-25-15-5-7-16(8-6-15)27(23,24)21-11-9-20(10-12-21)18(22)17-13(2)19-26-14(17)3/h5-8H,4,9-12H2,1-3H3. The van der Waals surface area contributed by atoms with Gasteiger partial charge in [-0.25, -0.2) is 8.42 Å². The van der Waals surface area contributed by atoms with Gasteiger partial charge in [-0.15, -0.1) is 0 Å². The molecule has 8 nitrogen and oxygen atoms in total. The van der Waals surface area contributed by atoms with Crippen molar-refractivity contribution in [3.05, 3.63) is 41.3 Å². The van der Waals surface area contributed by atoms with Crippen molar-refractivity contribution in [2.75, 3.05) is 32.8 Å². The van der Waals surface area contributed by atoms with E-state index in [2.05, 4.69) is 5.16 Å². The molecule has 0 saturated carbocycles. The van der Waals surface area contributed by atoms with Crippen LogP contribution in [0.4, 0.5) is 0 Å². The van der Waals surface area contributed by atoms with Crippen LogP contribution in [0.1, 0.15) is 28.7 Å². The third-order valence-corrected chi connectivity index (χ3v) is 6.46. The highest BCUT2D eigenvalue weighted by Gasteiger charge is 2.32. The van der Waals surface area contributed by atoms with Crippen molar-refractivity contribution in [3.8, 4) is 5.75 Å². The zero-order valence-electron chi connectivity index (χ0n) is 15.6. The molecule has 1 saturated heterocycles. The Hall–Kier alpha value is -2.39. The van der Waals surface area contributed by atoms with Crippen LogP contribution in [0.2, 0.25) is 0 Å². The van der Waals surface area contributed by atoms with Crippen LogP contribution in [-0.4, -0.2) is 61.5 Å². The van der Waals surface area contributed by atoms with E-state index in [0.717, 1.165) is 0 Å². The molecule has 2 aromatic rings. The molecule has 1 aliphatic heterocycles. The SMILES string of the molecule is CCOc1ccc(S(=O)(=O)N2CCN(C(=O)c3c(C)noc3C)CC2)cc1. The fourth-order valence-corrected chi connectivity index (χ4v) is 4.52. The van der Waals surface area contributed by atoms with E-state index < -0.39 is 10.0 Å². The largest absolute Gasteiger partial charge is 0.494 e. The summed E-state index contributed by atoms with van der Waals surface area (Å²) in [5.74, 6) is 0.928. The van der Waals surface area contributed by atoms with Gasteiger partial charge in [0.2, 0.25) is 10.0 Å². The molecule has 1 amide bonds. The number of amides is 1. The number of rotatable bonds is 5. The number of aryl methyl sites for hydroxylation is 2. The van der Waals surface area contributed by atoms with Crippen molar-refractivity contribution >= 4 is 15.9 Å². The molecule has 1 aromatic carbocycles. The second kappa shape index (κ2) is 7.69. The molecule has 1 aromatic heterocycles. The number of carbonyl (C=O) groups excluding carboxylic acids is 1. The molecule has 0 unspecified atom stereocenters. The predicted molar refractivity (Wildman–Crippen MR) is 98.3 cm³/mol. The first-order chi connectivity index (χ1) is 12.8. The van der Waals surface area contributed by atoms with Crippen LogP contribution in [0.3, 0.4) is 0 Å². The number of hydrogen-bond donors (Lipinski definition) is 0. The summed E-state index contributed by atoms with van der Waals surface area (Å²) < 4.78 is 37.5. The van der Waals surface area contributed by atoms with E-state index in [1.54, 1.807) is 43.0 Å². The maximum Gasteiger partial charge on any atom is 0.259 e. The van der Waals surface area contributed by atoms with Gasteiger partial charge in [0.15, 0.2) is 0 Å². The van der Waals surface area contributed by atoms with E-state index in [0.29, 0.717) is 42.5 Å². The molecule has 27 heavy (non-hydrogen) atoms. The minimum Gasteiger partial charge on any atom is -0.494 e. The normalized spacial score (nSPS) is 15.7. The molecule has 0 atom stereocenters. The predicted octanol–water partition coefficient (Wildman–Crippen LogP) is 1.84. The Morgan fingerprint density at radius 1 is 1.15 bits per heavy atom. The minimum absolute atomic E-state index is 0.177.